The van der Waals surface area contributed by atoms with E-state index in [1.165, 1.54) is 0 Å². The van der Waals surface area contributed by atoms with Gasteiger partial charge in [0.25, 0.3) is 0 Å². The van der Waals surface area contributed by atoms with Gasteiger partial charge < -0.3 is 19.1 Å². The lowest BCUT2D eigenvalue weighted by Gasteiger charge is -2.17. The molecule has 1 aliphatic heterocycles. The molecule has 0 saturated carbocycles. The highest BCUT2D eigenvalue weighted by Crippen LogP contribution is 2.44. The number of likely N-dealkylation sites (N-methyl/N-ethyl adjacent to an activating group) is 1. The van der Waals surface area contributed by atoms with E-state index >= 15 is 0 Å². The van der Waals surface area contributed by atoms with Crippen LogP contribution in [0.25, 0.3) is 0 Å². The van der Waals surface area contributed by atoms with Crippen molar-refractivity contribution in [2.24, 2.45) is 0 Å². The number of nitrogens with zero attached hydrogens (tertiary/aromatic N) is 1. The molecule has 1 aliphatic rings. The summed E-state index contributed by atoms with van der Waals surface area (Å²) in [5.74, 6) is 2.16. The van der Waals surface area contributed by atoms with Crippen molar-refractivity contribution < 1.29 is 19.0 Å². The summed E-state index contributed by atoms with van der Waals surface area (Å²) in [6.07, 6.45) is 0.759. The molecule has 0 saturated heterocycles. The SMILES string of the molecule is COc1c(C)c(CCN(C)C(C)=O)cc2c1OCO2. The molecule has 0 fully saturated rings. The van der Waals surface area contributed by atoms with Gasteiger partial charge in [0, 0.05) is 20.5 Å². The van der Waals surface area contributed by atoms with Crippen LogP contribution in [0.1, 0.15) is 18.1 Å². The topological polar surface area (TPSA) is 48.0 Å². The van der Waals surface area contributed by atoms with Crippen molar-refractivity contribution in [2.75, 3.05) is 27.5 Å². The quantitative estimate of drug-likeness (QED) is 0.832. The Balaban J connectivity index is 2.24. The van der Waals surface area contributed by atoms with Gasteiger partial charge in [-0.05, 0) is 30.5 Å². The van der Waals surface area contributed by atoms with Crippen LogP contribution in [-0.2, 0) is 11.2 Å². The summed E-state index contributed by atoms with van der Waals surface area (Å²) in [5, 5.41) is 0. The van der Waals surface area contributed by atoms with E-state index in [1.54, 1.807) is 26.0 Å². The Morgan fingerprint density at radius 1 is 1.47 bits per heavy atom. The molecule has 5 heteroatoms. The summed E-state index contributed by atoms with van der Waals surface area (Å²) >= 11 is 0. The molecule has 104 valence electrons. The fraction of sp³-hybridized carbons (Fsp3) is 0.500. The number of methoxy groups -OCH3 is 1. The molecule has 19 heavy (non-hydrogen) atoms. The number of ether oxygens (including phenoxy) is 3. The highest BCUT2D eigenvalue weighted by molar-refractivity contribution is 5.72. The van der Waals surface area contributed by atoms with Crippen molar-refractivity contribution in [1.82, 2.24) is 4.90 Å². The predicted octanol–water partition coefficient (Wildman–Crippen LogP) is 1.75. The van der Waals surface area contributed by atoms with Gasteiger partial charge in [-0.3, -0.25) is 4.79 Å². The maximum Gasteiger partial charge on any atom is 0.231 e. The van der Waals surface area contributed by atoms with Crippen LogP contribution in [0.3, 0.4) is 0 Å². The number of rotatable bonds is 4. The van der Waals surface area contributed by atoms with Crippen LogP contribution >= 0.6 is 0 Å². The van der Waals surface area contributed by atoms with Crippen LogP contribution in [0, 0.1) is 6.92 Å². The Hall–Kier alpha value is -1.91. The molecule has 0 radical (unpaired) electrons. The molecular weight excluding hydrogens is 246 g/mol. The second-order valence-electron chi connectivity index (χ2n) is 4.62. The van der Waals surface area contributed by atoms with Crippen molar-refractivity contribution in [2.45, 2.75) is 20.3 Å². The molecule has 2 rings (SSSR count). The first-order valence-corrected chi connectivity index (χ1v) is 6.22. The summed E-state index contributed by atoms with van der Waals surface area (Å²) in [6, 6.07) is 1.97. The van der Waals surface area contributed by atoms with E-state index in [0.717, 1.165) is 23.3 Å². The van der Waals surface area contributed by atoms with Crippen LogP contribution < -0.4 is 14.2 Å². The molecule has 0 atom stereocenters. The van der Waals surface area contributed by atoms with Crippen LogP contribution in [0.2, 0.25) is 0 Å². The van der Waals surface area contributed by atoms with Gasteiger partial charge >= 0.3 is 0 Å². The molecule has 0 aromatic heterocycles. The Bertz CT molecular complexity index is 499. The molecule has 5 nitrogen and oxygen atoms in total. The van der Waals surface area contributed by atoms with E-state index in [0.29, 0.717) is 18.0 Å². The Labute approximate surface area is 113 Å². The molecule has 1 heterocycles. The Morgan fingerprint density at radius 3 is 2.84 bits per heavy atom. The van der Waals surface area contributed by atoms with Crippen LogP contribution in [0.15, 0.2) is 6.07 Å². The van der Waals surface area contributed by atoms with E-state index in [9.17, 15) is 4.79 Å². The number of carbonyl (C=O) groups is 1. The average molecular weight is 265 g/mol. The van der Waals surface area contributed by atoms with E-state index in [4.69, 9.17) is 14.2 Å². The minimum atomic E-state index is 0.0605. The molecule has 0 aliphatic carbocycles. The minimum absolute atomic E-state index is 0.0605. The monoisotopic (exact) mass is 265 g/mol. The number of hydrogen-bond donors (Lipinski definition) is 0. The summed E-state index contributed by atoms with van der Waals surface area (Å²) in [7, 11) is 3.41. The fourth-order valence-corrected chi connectivity index (χ4v) is 2.11. The van der Waals surface area contributed by atoms with E-state index in [-0.39, 0.29) is 12.7 Å². The second kappa shape index (κ2) is 5.38. The number of fused-ring (bicyclic) bond motifs is 1. The summed E-state index contributed by atoms with van der Waals surface area (Å²) in [5.41, 5.74) is 2.14. The number of carbonyl (C=O) groups excluding carboxylic acids is 1. The zero-order valence-corrected chi connectivity index (χ0v) is 11.8. The van der Waals surface area contributed by atoms with Gasteiger partial charge in [-0.15, -0.1) is 0 Å². The van der Waals surface area contributed by atoms with Gasteiger partial charge in [0.1, 0.15) is 0 Å². The molecule has 1 amide bonds. The van der Waals surface area contributed by atoms with E-state index in [1.807, 2.05) is 13.0 Å². The molecule has 0 unspecified atom stereocenters. The standard InChI is InChI=1S/C14H19NO4/c1-9-11(5-6-15(3)10(2)16)7-12-14(13(9)17-4)19-8-18-12/h7H,5-6,8H2,1-4H3. The fourth-order valence-electron chi connectivity index (χ4n) is 2.11. The van der Waals surface area contributed by atoms with Gasteiger partial charge in [-0.25, -0.2) is 0 Å². The lowest BCUT2D eigenvalue weighted by atomic mass is 10.0. The maximum atomic E-state index is 11.2. The zero-order chi connectivity index (χ0) is 14.0. The molecule has 0 spiro atoms. The summed E-state index contributed by atoms with van der Waals surface area (Å²) in [4.78, 5) is 12.9. The molecule has 1 aromatic rings. The lowest BCUT2D eigenvalue weighted by Crippen LogP contribution is -2.26. The van der Waals surface area contributed by atoms with Crippen molar-refractivity contribution >= 4 is 5.91 Å². The summed E-state index contributed by atoms with van der Waals surface area (Å²) < 4.78 is 16.2. The maximum absolute atomic E-state index is 11.2. The Morgan fingerprint density at radius 2 is 2.21 bits per heavy atom. The van der Waals surface area contributed by atoms with Crippen molar-refractivity contribution in [3.8, 4) is 17.2 Å². The van der Waals surface area contributed by atoms with Crippen molar-refractivity contribution in [3.05, 3.63) is 17.2 Å². The molecule has 0 bridgehead atoms. The molecule has 0 N–H and O–H groups in total. The first-order chi connectivity index (χ1) is 9.04. The average Bonchev–Trinajstić information content (AvgIpc) is 2.83. The third kappa shape index (κ3) is 2.59. The second-order valence-corrected chi connectivity index (χ2v) is 4.62. The number of amides is 1. The van der Waals surface area contributed by atoms with Crippen molar-refractivity contribution in [3.63, 3.8) is 0 Å². The summed E-state index contributed by atoms with van der Waals surface area (Å²) in [6.45, 7) is 4.44. The normalized spacial score (nSPS) is 12.4. The molecular formula is C14H19NO4. The zero-order valence-electron chi connectivity index (χ0n) is 11.8. The van der Waals surface area contributed by atoms with Gasteiger partial charge in [-0.1, -0.05) is 0 Å². The van der Waals surface area contributed by atoms with Crippen LogP contribution in [0.4, 0.5) is 0 Å². The van der Waals surface area contributed by atoms with Gasteiger partial charge in [0.05, 0.1) is 7.11 Å². The van der Waals surface area contributed by atoms with E-state index in [2.05, 4.69) is 0 Å². The lowest BCUT2D eigenvalue weighted by molar-refractivity contribution is -0.127. The third-order valence-electron chi connectivity index (χ3n) is 3.43. The van der Waals surface area contributed by atoms with Gasteiger partial charge in [-0.2, -0.15) is 0 Å². The smallest absolute Gasteiger partial charge is 0.231 e. The first kappa shape index (κ1) is 13.5. The van der Waals surface area contributed by atoms with Gasteiger partial charge in [0.2, 0.25) is 18.4 Å². The first-order valence-electron chi connectivity index (χ1n) is 6.22. The van der Waals surface area contributed by atoms with Crippen molar-refractivity contribution in [1.29, 1.82) is 0 Å². The Kier molecular flexibility index (Phi) is 3.83. The van der Waals surface area contributed by atoms with E-state index < -0.39 is 0 Å². The predicted molar refractivity (Wildman–Crippen MR) is 70.9 cm³/mol. The van der Waals surface area contributed by atoms with Crippen LogP contribution in [0.5, 0.6) is 17.2 Å². The minimum Gasteiger partial charge on any atom is -0.492 e. The largest absolute Gasteiger partial charge is 0.492 e. The molecule has 1 aromatic carbocycles. The number of benzene rings is 1. The van der Waals surface area contributed by atoms with Gasteiger partial charge in [0.15, 0.2) is 11.5 Å². The third-order valence-corrected chi connectivity index (χ3v) is 3.43. The van der Waals surface area contributed by atoms with Crippen LogP contribution in [-0.4, -0.2) is 38.3 Å². The number of hydrogen-bond acceptors (Lipinski definition) is 4. The highest BCUT2D eigenvalue weighted by Gasteiger charge is 2.23. The highest BCUT2D eigenvalue weighted by atomic mass is 16.7.